The summed E-state index contributed by atoms with van der Waals surface area (Å²) in [6.45, 7) is 2.08. The van der Waals surface area contributed by atoms with E-state index in [1.165, 1.54) is 0 Å². The monoisotopic (exact) mass is 487 g/mol. The van der Waals surface area contributed by atoms with E-state index in [2.05, 4.69) is 10.2 Å². The maximum absolute atomic E-state index is 13.3. The Morgan fingerprint density at radius 3 is 2.51 bits per heavy atom. The van der Waals surface area contributed by atoms with E-state index < -0.39 is 17.9 Å². The van der Waals surface area contributed by atoms with Crippen molar-refractivity contribution in [2.75, 3.05) is 13.1 Å². The number of fused-ring (bicyclic) bond motifs is 1. The minimum atomic E-state index is -2.45. The summed E-state index contributed by atoms with van der Waals surface area (Å²) in [5, 5.41) is 2.33. The molecular weight excluding hydrogens is 456 g/mol. The predicted molar refractivity (Wildman–Crippen MR) is 122 cm³/mol. The van der Waals surface area contributed by atoms with Gasteiger partial charge < -0.3 is 9.64 Å². The van der Waals surface area contributed by atoms with Crippen molar-refractivity contribution in [3.8, 4) is 5.75 Å². The maximum atomic E-state index is 13.3. The number of hydrogen-bond acceptors (Lipinski definition) is 5. The molecule has 0 bridgehead atoms. The van der Waals surface area contributed by atoms with Crippen LogP contribution in [0.25, 0.3) is 0 Å². The number of halogens is 2. The number of piperidine rings is 1. The number of carbonyl (C=O) groups excluding carboxylic acids is 3. The van der Waals surface area contributed by atoms with Gasteiger partial charge in [0.15, 0.2) is 0 Å². The molecule has 6 rings (SSSR count). The van der Waals surface area contributed by atoms with Gasteiger partial charge in [0.1, 0.15) is 17.9 Å². The van der Waals surface area contributed by atoms with Crippen LogP contribution in [0.5, 0.6) is 5.75 Å². The van der Waals surface area contributed by atoms with Crippen molar-refractivity contribution in [1.29, 1.82) is 0 Å². The Morgan fingerprint density at radius 1 is 1.00 bits per heavy atom. The van der Waals surface area contributed by atoms with Crippen molar-refractivity contribution >= 4 is 17.7 Å². The molecule has 7 nitrogen and oxygen atoms in total. The van der Waals surface area contributed by atoms with Crippen LogP contribution in [0, 0.1) is 11.8 Å². The van der Waals surface area contributed by atoms with Gasteiger partial charge in [-0.25, -0.2) is 8.78 Å². The van der Waals surface area contributed by atoms with Crippen molar-refractivity contribution in [3.63, 3.8) is 0 Å². The van der Waals surface area contributed by atoms with Crippen molar-refractivity contribution in [2.45, 2.75) is 82.0 Å². The summed E-state index contributed by atoms with van der Waals surface area (Å²) < 4.78 is 33.0. The summed E-state index contributed by atoms with van der Waals surface area (Å²) in [4.78, 5) is 40.6. The van der Waals surface area contributed by atoms with E-state index in [-0.39, 0.29) is 49.1 Å². The Morgan fingerprint density at radius 2 is 1.77 bits per heavy atom. The van der Waals surface area contributed by atoms with Crippen LogP contribution in [0.3, 0.4) is 0 Å². The molecule has 1 N–H and O–H groups in total. The van der Waals surface area contributed by atoms with E-state index in [9.17, 15) is 23.2 Å². The minimum Gasteiger partial charge on any atom is -0.489 e. The van der Waals surface area contributed by atoms with Crippen LogP contribution in [0.2, 0.25) is 0 Å². The third kappa shape index (κ3) is 4.21. The lowest BCUT2D eigenvalue weighted by molar-refractivity contribution is -0.153. The first kappa shape index (κ1) is 22.9. The molecule has 188 valence electrons. The molecule has 1 aromatic rings. The second-order valence-corrected chi connectivity index (χ2v) is 11.0. The number of imide groups is 1. The molecule has 4 fully saturated rings. The topological polar surface area (TPSA) is 79.0 Å². The SMILES string of the molecule is O=C1CCC(N2Cc3cc(O[C@H]4CCCC[C@H]4N4CC(C5CC(F)(F)C5)C4)ccc3C2=O)C(=O)N1. The average Bonchev–Trinajstić information content (AvgIpc) is 3.08. The fraction of sp³-hybridized carbons (Fsp3) is 0.654. The Bertz CT molecular complexity index is 1050. The van der Waals surface area contributed by atoms with Gasteiger partial charge in [-0.2, -0.15) is 0 Å². The Labute approximate surface area is 203 Å². The number of alkyl halides is 2. The minimum absolute atomic E-state index is 0.0360. The maximum Gasteiger partial charge on any atom is 0.255 e. The standard InChI is InChI=1S/C26H31F2N3O4/c27-26(28)10-16(11-26)17-12-30(13-17)20-3-1-2-4-22(20)35-18-5-6-19-15(9-18)14-31(25(19)34)21-7-8-23(32)29-24(21)33/h5-6,9,16-17,20-22H,1-4,7-8,10-14H2,(H,29,32,33)/t20-,21?,22+/m1/s1. The molecule has 0 radical (unpaired) electrons. The quantitative estimate of drug-likeness (QED) is 0.646. The number of rotatable bonds is 5. The van der Waals surface area contributed by atoms with Crippen LogP contribution >= 0.6 is 0 Å². The number of likely N-dealkylation sites (tertiary alicyclic amines) is 1. The fourth-order valence-electron chi connectivity index (χ4n) is 6.59. The normalized spacial score (nSPS) is 31.5. The second-order valence-electron chi connectivity index (χ2n) is 11.0. The highest BCUT2D eigenvalue weighted by Crippen LogP contribution is 2.49. The molecule has 3 aliphatic heterocycles. The molecule has 5 aliphatic rings. The van der Waals surface area contributed by atoms with Gasteiger partial charge in [0, 0.05) is 50.5 Å². The molecule has 2 aliphatic carbocycles. The van der Waals surface area contributed by atoms with E-state index in [0.717, 1.165) is 44.3 Å². The largest absolute Gasteiger partial charge is 0.489 e. The van der Waals surface area contributed by atoms with Crippen molar-refractivity contribution in [3.05, 3.63) is 29.3 Å². The average molecular weight is 488 g/mol. The molecule has 1 aromatic carbocycles. The molecular formula is C26H31F2N3O4. The number of hydrogen-bond donors (Lipinski definition) is 1. The number of amides is 3. The van der Waals surface area contributed by atoms with Crippen LogP contribution in [-0.2, 0) is 16.1 Å². The highest BCUT2D eigenvalue weighted by molar-refractivity contribution is 6.05. The number of nitrogens with one attached hydrogen (secondary N) is 1. The summed E-state index contributed by atoms with van der Waals surface area (Å²) in [5.74, 6) is -2.11. The first-order valence-corrected chi connectivity index (χ1v) is 12.8. The first-order chi connectivity index (χ1) is 16.8. The second kappa shape index (κ2) is 8.54. The van der Waals surface area contributed by atoms with Gasteiger partial charge in [-0.15, -0.1) is 0 Å². The molecule has 1 unspecified atom stereocenters. The zero-order valence-electron chi connectivity index (χ0n) is 19.7. The van der Waals surface area contributed by atoms with Gasteiger partial charge in [-0.3, -0.25) is 24.6 Å². The van der Waals surface area contributed by atoms with Crippen molar-refractivity contribution in [1.82, 2.24) is 15.1 Å². The molecule has 0 aromatic heterocycles. The summed E-state index contributed by atoms with van der Waals surface area (Å²) in [6, 6.07) is 5.16. The summed E-state index contributed by atoms with van der Waals surface area (Å²) >= 11 is 0. The van der Waals surface area contributed by atoms with Crippen molar-refractivity contribution < 1.29 is 27.9 Å². The molecule has 2 saturated heterocycles. The van der Waals surface area contributed by atoms with Crippen LogP contribution in [0.4, 0.5) is 8.78 Å². The van der Waals surface area contributed by atoms with Gasteiger partial charge in [0.05, 0.1) is 0 Å². The number of nitrogens with zero attached hydrogens (tertiary/aromatic N) is 2. The van der Waals surface area contributed by atoms with E-state index >= 15 is 0 Å². The number of benzene rings is 1. The Hall–Kier alpha value is -2.55. The van der Waals surface area contributed by atoms with Crippen molar-refractivity contribution in [2.24, 2.45) is 11.8 Å². The molecule has 0 spiro atoms. The van der Waals surface area contributed by atoms with E-state index in [1.54, 1.807) is 11.0 Å². The third-order valence-electron chi connectivity index (χ3n) is 8.65. The molecule has 3 atom stereocenters. The Kier molecular flexibility index (Phi) is 5.58. The first-order valence-electron chi connectivity index (χ1n) is 12.8. The summed E-state index contributed by atoms with van der Waals surface area (Å²) in [5.41, 5.74) is 1.41. The van der Waals surface area contributed by atoms with Crippen LogP contribution in [0.15, 0.2) is 18.2 Å². The van der Waals surface area contributed by atoms with Crippen LogP contribution < -0.4 is 10.1 Å². The number of carbonyl (C=O) groups is 3. The predicted octanol–water partition coefficient (Wildman–Crippen LogP) is 3.11. The zero-order valence-corrected chi connectivity index (χ0v) is 19.7. The zero-order chi connectivity index (χ0) is 24.3. The van der Waals surface area contributed by atoms with E-state index in [1.807, 2.05) is 12.1 Å². The van der Waals surface area contributed by atoms with Crippen LogP contribution in [-0.4, -0.2) is 64.7 Å². The van der Waals surface area contributed by atoms with Gasteiger partial charge in [0.25, 0.3) is 5.91 Å². The smallest absolute Gasteiger partial charge is 0.255 e. The summed E-state index contributed by atoms with van der Waals surface area (Å²) in [7, 11) is 0. The van der Waals surface area contributed by atoms with E-state index in [0.29, 0.717) is 30.2 Å². The van der Waals surface area contributed by atoms with Gasteiger partial charge in [0.2, 0.25) is 17.7 Å². The van der Waals surface area contributed by atoms with Crippen LogP contribution in [0.1, 0.15) is 67.3 Å². The molecule has 9 heteroatoms. The van der Waals surface area contributed by atoms with E-state index in [4.69, 9.17) is 4.74 Å². The molecule has 35 heavy (non-hydrogen) atoms. The van der Waals surface area contributed by atoms with Gasteiger partial charge >= 0.3 is 0 Å². The lowest BCUT2D eigenvalue weighted by Gasteiger charge is -2.53. The highest BCUT2D eigenvalue weighted by atomic mass is 19.3. The number of ether oxygens (including phenoxy) is 1. The molecule has 2 saturated carbocycles. The molecule has 3 heterocycles. The highest BCUT2D eigenvalue weighted by Gasteiger charge is 2.52. The lowest BCUT2D eigenvalue weighted by Crippen LogP contribution is -2.61. The molecule has 3 amide bonds. The van der Waals surface area contributed by atoms with Gasteiger partial charge in [-0.1, -0.05) is 6.42 Å². The fourth-order valence-corrected chi connectivity index (χ4v) is 6.59. The van der Waals surface area contributed by atoms with Gasteiger partial charge in [-0.05, 0) is 61.3 Å². The Balaban J connectivity index is 1.09. The lowest BCUT2D eigenvalue weighted by atomic mass is 9.69. The summed E-state index contributed by atoms with van der Waals surface area (Å²) in [6.07, 6.45) is 4.93. The third-order valence-corrected chi connectivity index (χ3v) is 8.65.